The number of rotatable bonds is 7. The molecule has 1 aromatic carbocycles. The van der Waals surface area contributed by atoms with Crippen molar-refractivity contribution in [1.82, 2.24) is 4.72 Å². The lowest BCUT2D eigenvalue weighted by molar-refractivity contribution is -0.386. The van der Waals surface area contributed by atoms with E-state index >= 15 is 0 Å². The summed E-state index contributed by atoms with van der Waals surface area (Å²) >= 11 is 0. The van der Waals surface area contributed by atoms with Crippen molar-refractivity contribution in [2.75, 3.05) is 12.0 Å². The molecular weight excluding hydrogens is 284 g/mol. The van der Waals surface area contributed by atoms with E-state index in [0.717, 1.165) is 19.3 Å². The zero-order valence-electron chi connectivity index (χ0n) is 10.7. The fraction of sp³-hybridized carbons (Fsp3) is 0.455. The van der Waals surface area contributed by atoms with Crippen LogP contribution in [0, 0.1) is 16.0 Å². The highest BCUT2D eigenvalue weighted by Gasteiger charge is 2.29. The minimum atomic E-state index is -3.92. The molecular formula is C11H16N4O4S. The van der Waals surface area contributed by atoms with Gasteiger partial charge in [-0.05, 0) is 24.5 Å². The van der Waals surface area contributed by atoms with Crippen LogP contribution < -0.4 is 16.0 Å². The van der Waals surface area contributed by atoms with E-state index in [1.54, 1.807) is 0 Å². The Balaban J connectivity index is 2.27. The molecule has 0 spiro atoms. The summed E-state index contributed by atoms with van der Waals surface area (Å²) in [5, 5.41) is 11.1. The van der Waals surface area contributed by atoms with Crippen LogP contribution in [-0.4, -0.2) is 19.9 Å². The number of benzene rings is 1. The van der Waals surface area contributed by atoms with Crippen molar-refractivity contribution in [1.29, 1.82) is 0 Å². The molecule has 0 aromatic heterocycles. The molecule has 2 rings (SSSR count). The number of nitrogen functional groups attached to an aromatic ring is 1. The topological polar surface area (TPSA) is 127 Å². The predicted octanol–water partition coefficient (Wildman–Crippen LogP) is 0.959. The molecule has 8 nitrogen and oxygen atoms in total. The Bertz CT molecular complexity index is 613. The van der Waals surface area contributed by atoms with Gasteiger partial charge in [0.2, 0.25) is 10.0 Å². The van der Waals surface area contributed by atoms with Crippen molar-refractivity contribution in [2.24, 2.45) is 11.8 Å². The van der Waals surface area contributed by atoms with Crippen LogP contribution in [0.5, 0.6) is 0 Å². The Labute approximate surface area is 116 Å². The highest BCUT2D eigenvalue weighted by Crippen LogP contribution is 2.33. The third-order valence-corrected chi connectivity index (χ3v) is 4.66. The van der Waals surface area contributed by atoms with Gasteiger partial charge in [0.25, 0.3) is 0 Å². The second kappa shape index (κ2) is 5.73. The Morgan fingerprint density at radius 1 is 1.40 bits per heavy atom. The van der Waals surface area contributed by atoms with Gasteiger partial charge in [0.05, 0.1) is 4.92 Å². The number of hydrogen-bond acceptors (Lipinski definition) is 6. The molecule has 0 heterocycles. The maximum Gasteiger partial charge on any atom is 0.313 e. The summed E-state index contributed by atoms with van der Waals surface area (Å²) in [6.45, 7) is 0.282. The molecule has 4 N–H and O–H groups in total. The summed E-state index contributed by atoms with van der Waals surface area (Å²) in [5.41, 5.74) is 1.55. The van der Waals surface area contributed by atoms with E-state index in [1.165, 1.54) is 18.2 Å². The molecule has 9 heteroatoms. The predicted molar refractivity (Wildman–Crippen MR) is 73.4 cm³/mol. The van der Waals surface area contributed by atoms with Crippen molar-refractivity contribution in [3.63, 3.8) is 0 Å². The lowest BCUT2D eigenvalue weighted by Gasteiger charge is -2.09. The molecule has 0 radical (unpaired) electrons. The van der Waals surface area contributed by atoms with Gasteiger partial charge in [0.1, 0.15) is 5.69 Å². The molecule has 1 saturated carbocycles. The minimum Gasteiger partial charge on any atom is -0.318 e. The highest BCUT2D eigenvalue weighted by atomic mass is 32.2. The quantitative estimate of drug-likeness (QED) is 0.391. The van der Waals surface area contributed by atoms with Gasteiger partial charge >= 0.3 is 5.69 Å². The number of nitrogens with one attached hydrogen (secondary N) is 2. The number of para-hydroxylation sites is 1. The lowest BCUT2D eigenvalue weighted by Crippen LogP contribution is -2.26. The van der Waals surface area contributed by atoms with Gasteiger partial charge in [-0.3, -0.25) is 16.0 Å². The average molecular weight is 300 g/mol. The van der Waals surface area contributed by atoms with Crippen LogP contribution >= 0.6 is 0 Å². The summed E-state index contributed by atoms with van der Waals surface area (Å²) in [5.74, 6) is 5.75. The van der Waals surface area contributed by atoms with E-state index < -0.39 is 20.6 Å². The average Bonchev–Trinajstić information content (AvgIpc) is 3.21. The number of hydrazine groups is 1. The molecule has 0 amide bonds. The van der Waals surface area contributed by atoms with Gasteiger partial charge in [-0.15, -0.1) is 0 Å². The first-order chi connectivity index (χ1) is 9.45. The number of nitrogens with two attached hydrogens (primary N) is 1. The van der Waals surface area contributed by atoms with Gasteiger partial charge in [0.15, 0.2) is 4.90 Å². The Kier molecular flexibility index (Phi) is 4.21. The van der Waals surface area contributed by atoms with Gasteiger partial charge < -0.3 is 5.43 Å². The van der Waals surface area contributed by atoms with Crippen LogP contribution in [0.25, 0.3) is 0 Å². The molecule has 0 aliphatic heterocycles. The molecule has 0 bridgehead atoms. The Morgan fingerprint density at radius 3 is 2.65 bits per heavy atom. The maximum atomic E-state index is 12.1. The number of hydrogen-bond donors (Lipinski definition) is 3. The van der Waals surface area contributed by atoms with Gasteiger partial charge in [-0.2, -0.15) is 0 Å². The van der Waals surface area contributed by atoms with Crippen molar-refractivity contribution in [2.45, 2.75) is 24.2 Å². The van der Waals surface area contributed by atoms with Gasteiger partial charge in [-0.25, -0.2) is 13.1 Å². The van der Waals surface area contributed by atoms with Crippen LogP contribution in [0.3, 0.4) is 0 Å². The Hall–Kier alpha value is -1.71. The first-order valence-corrected chi connectivity index (χ1v) is 7.67. The number of nitrogens with zero attached hydrogens (tertiary/aromatic N) is 1. The van der Waals surface area contributed by atoms with E-state index in [1.807, 2.05) is 0 Å². The molecule has 0 atom stereocenters. The van der Waals surface area contributed by atoms with Crippen LogP contribution in [0.15, 0.2) is 23.1 Å². The molecule has 0 unspecified atom stereocenters. The van der Waals surface area contributed by atoms with E-state index in [4.69, 9.17) is 5.84 Å². The van der Waals surface area contributed by atoms with Crippen LogP contribution in [0.1, 0.15) is 19.3 Å². The number of anilines is 1. The molecule has 0 saturated heterocycles. The van der Waals surface area contributed by atoms with E-state index in [-0.39, 0.29) is 17.1 Å². The number of sulfonamides is 1. The summed E-state index contributed by atoms with van der Waals surface area (Å²) in [6, 6.07) is 3.94. The zero-order chi connectivity index (χ0) is 14.8. The third kappa shape index (κ3) is 3.24. The van der Waals surface area contributed by atoms with Gasteiger partial charge in [-0.1, -0.05) is 18.9 Å². The normalized spacial score (nSPS) is 15.1. The lowest BCUT2D eigenvalue weighted by atomic mass is 10.3. The van der Waals surface area contributed by atoms with E-state index in [9.17, 15) is 18.5 Å². The minimum absolute atomic E-state index is 0.0416. The zero-order valence-corrected chi connectivity index (χ0v) is 11.5. The second-order valence-electron chi connectivity index (χ2n) is 4.68. The maximum absolute atomic E-state index is 12.1. The van der Waals surface area contributed by atoms with E-state index in [0.29, 0.717) is 5.92 Å². The van der Waals surface area contributed by atoms with Crippen molar-refractivity contribution in [3.8, 4) is 0 Å². The fourth-order valence-electron chi connectivity index (χ4n) is 1.93. The standard InChI is InChI=1S/C11H16N4O4S/c12-14-9-2-1-3-10(11(9)15(16)17)20(18,19)13-7-6-8-4-5-8/h1-3,8,13-14H,4-7,12H2. The smallest absolute Gasteiger partial charge is 0.313 e. The molecule has 1 aromatic rings. The number of nitro groups is 1. The third-order valence-electron chi connectivity index (χ3n) is 3.17. The van der Waals surface area contributed by atoms with Crippen LogP contribution in [0.2, 0.25) is 0 Å². The highest BCUT2D eigenvalue weighted by molar-refractivity contribution is 7.89. The van der Waals surface area contributed by atoms with Gasteiger partial charge in [0, 0.05) is 6.54 Å². The van der Waals surface area contributed by atoms with Crippen LogP contribution in [0.4, 0.5) is 11.4 Å². The molecule has 110 valence electrons. The van der Waals surface area contributed by atoms with Crippen molar-refractivity contribution >= 4 is 21.4 Å². The first-order valence-electron chi connectivity index (χ1n) is 6.19. The fourth-order valence-corrected chi connectivity index (χ4v) is 3.16. The molecule has 20 heavy (non-hydrogen) atoms. The molecule has 1 fully saturated rings. The number of nitro benzene ring substituents is 1. The second-order valence-corrected chi connectivity index (χ2v) is 6.42. The summed E-state index contributed by atoms with van der Waals surface area (Å²) in [4.78, 5) is 9.92. The van der Waals surface area contributed by atoms with Crippen LogP contribution in [-0.2, 0) is 10.0 Å². The summed E-state index contributed by atoms with van der Waals surface area (Å²) in [7, 11) is -3.92. The largest absolute Gasteiger partial charge is 0.318 e. The van der Waals surface area contributed by atoms with Crippen molar-refractivity contribution in [3.05, 3.63) is 28.3 Å². The summed E-state index contributed by atoms with van der Waals surface area (Å²) in [6.07, 6.45) is 2.99. The summed E-state index contributed by atoms with van der Waals surface area (Å²) < 4.78 is 26.7. The molecule has 1 aliphatic carbocycles. The first kappa shape index (κ1) is 14.7. The van der Waals surface area contributed by atoms with Crippen molar-refractivity contribution < 1.29 is 13.3 Å². The SMILES string of the molecule is NNc1cccc(S(=O)(=O)NCCC2CC2)c1[N+](=O)[O-]. The van der Waals surface area contributed by atoms with E-state index in [2.05, 4.69) is 10.1 Å². The monoisotopic (exact) mass is 300 g/mol. The molecule has 1 aliphatic rings. The Morgan fingerprint density at radius 2 is 2.10 bits per heavy atom.